The predicted molar refractivity (Wildman–Crippen MR) is 75.4 cm³/mol. The van der Waals surface area contributed by atoms with Crippen molar-refractivity contribution in [2.45, 2.75) is 32.4 Å². The average Bonchev–Trinajstić information content (AvgIpc) is 2.70. The molecular formula is C14H16BrFN2O. The Morgan fingerprint density at radius 1 is 1.37 bits per heavy atom. The molecule has 0 saturated carbocycles. The summed E-state index contributed by atoms with van der Waals surface area (Å²) in [4.78, 5) is 0. The summed E-state index contributed by atoms with van der Waals surface area (Å²) in [7, 11) is 0. The molecule has 0 fully saturated rings. The van der Waals surface area contributed by atoms with Gasteiger partial charge in [0, 0.05) is 5.56 Å². The number of benzene rings is 1. The molecule has 1 unspecified atom stereocenters. The summed E-state index contributed by atoms with van der Waals surface area (Å²) in [6, 6.07) is 6.26. The highest BCUT2D eigenvalue weighted by Crippen LogP contribution is 2.26. The van der Waals surface area contributed by atoms with Crippen LogP contribution in [0.3, 0.4) is 0 Å². The number of nitrogens with zero attached hydrogens (tertiary/aromatic N) is 2. The van der Waals surface area contributed by atoms with E-state index in [4.69, 9.17) is 0 Å². The summed E-state index contributed by atoms with van der Waals surface area (Å²) in [5, 5.41) is 14.4. The van der Waals surface area contributed by atoms with Gasteiger partial charge in [-0.2, -0.15) is 5.10 Å². The number of aliphatic hydroxyl groups is 1. The van der Waals surface area contributed by atoms with E-state index in [1.807, 2.05) is 13.8 Å². The number of rotatable bonds is 4. The van der Waals surface area contributed by atoms with Crippen LogP contribution in [0, 0.1) is 5.82 Å². The highest BCUT2D eigenvalue weighted by atomic mass is 79.9. The SMILES string of the molecule is CC(C)c1c(Br)cnn1CC(O)c1ccccc1F. The molecule has 1 heterocycles. The van der Waals surface area contributed by atoms with Crippen molar-refractivity contribution in [1.29, 1.82) is 0 Å². The van der Waals surface area contributed by atoms with Crippen LogP contribution in [-0.2, 0) is 6.54 Å². The highest BCUT2D eigenvalue weighted by Gasteiger charge is 2.18. The first-order valence-corrected chi connectivity index (χ1v) is 6.93. The fourth-order valence-corrected chi connectivity index (χ4v) is 2.85. The second kappa shape index (κ2) is 5.84. The monoisotopic (exact) mass is 326 g/mol. The van der Waals surface area contributed by atoms with Crippen LogP contribution in [0.5, 0.6) is 0 Å². The Morgan fingerprint density at radius 3 is 2.68 bits per heavy atom. The molecule has 5 heteroatoms. The van der Waals surface area contributed by atoms with Crippen LogP contribution in [0.2, 0.25) is 0 Å². The number of aliphatic hydroxyl groups excluding tert-OH is 1. The van der Waals surface area contributed by atoms with E-state index >= 15 is 0 Å². The van der Waals surface area contributed by atoms with Gasteiger partial charge >= 0.3 is 0 Å². The Morgan fingerprint density at radius 2 is 2.05 bits per heavy atom. The normalized spacial score (nSPS) is 12.9. The van der Waals surface area contributed by atoms with Crippen LogP contribution in [0.15, 0.2) is 34.9 Å². The third-order valence-electron chi connectivity index (χ3n) is 2.99. The van der Waals surface area contributed by atoms with E-state index in [0.29, 0.717) is 5.56 Å². The van der Waals surface area contributed by atoms with E-state index in [0.717, 1.165) is 10.2 Å². The molecule has 19 heavy (non-hydrogen) atoms. The quantitative estimate of drug-likeness (QED) is 0.931. The van der Waals surface area contributed by atoms with Gasteiger partial charge in [0.1, 0.15) is 11.9 Å². The van der Waals surface area contributed by atoms with Gasteiger partial charge in [0.15, 0.2) is 0 Å². The van der Waals surface area contributed by atoms with Crippen molar-refractivity contribution < 1.29 is 9.50 Å². The molecule has 0 radical (unpaired) electrons. The zero-order chi connectivity index (χ0) is 14.0. The van der Waals surface area contributed by atoms with E-state index in [2.05, 4.69) is 21.0 Å². The summed E-state index contributed by atoms with van der Waals surface area (Å²) in [6.45, 7) is 4.33. The van der Waals surface area contributed by atoms with Gasteiger partial charge in [-0.15, -0.1) is 0 Å². The second-order valence-corrected chi connectivity index (χ2v) is 5.61. The smallest absolute Gasteiger partial charge is 0.129 e. The van der Waals surface area contributed by atoms with Crippen molar-refractivity contribution in [2.75, 3.05) is 0 Å². The Bertz CT molecular complexity index is 568. The first kappa shape index (κ1) is 14.2. The fourth-order valence-electron chi connectivity index (χ4n) is 2.10. The van der Waals surface area contributed by atoms with Crippen molar-refractivity contribution in [2.24, 2.45) is 0 Å². The minimum atomic E-state index is -0.912. The van der Waals surface area contributed by atoms with Gasteiger partial charge in [-0.05, 0) is 27.9 Å². The number of aromatic nitrogens is 2. The molecule has 2 rings (SSSR count). The molecule has 1 N–H and O–H groups in total. The molecular weight excluding hydrogens is 311 g/mol. The third kappa shape index (κ3) is 3.04. The summed E-state index contributed by atoms with van der Waals surface area (Å²) in [6.07, 6.45) is 0.786. The molecule has 0 spiro atoms. The van der Waals surface area contributed by atoms with Crippen molar-refractivity contribution in [1.82, 2.24) is 9.78 Å². The molecule has 0 saturated heterocycles. The summed E-state index contributed by atoms with van der Waals surface area (Å²) in [5.74, 6) is -0.128. The maximum Gasteiger partial charge on any atom is 0.129 e. The van der Waals surface area contributed by atoms with Crippen molar-refractivity contribution in [3.8, 4) is 0 Å². The van der Waals surface area contributed by atoms with Crippen LogP contribution in [0.4, 0.5) is 4.39 Å². The number of hydrogen-bond donors (Lipinski definition) is 1. The van der Waals surface area contributed by atoms with Crippen molar-refractivity contribution in [3.63, 3.8) is 0 Å². The lowest BCUT2D eigenvalue weighted by Gasteiger charge is -2.16. The topological polar surface area (TPSA) is 38.0 Å². The Kier molecular flexibility index (Phi) is 4.37. The lowest BCUT2D eigenvalue weighted by molar-refractivity contribution is 0.145. The van der Waals surface area contributed by atoms with E-state index in [9.17, 15) is 9.50 Å². The first-order chi connectivity index (χ1) is 9.00. The minimum absolute atomic E-state index is 0.236. The lowest BCUT2D eigenvalue weighted by Crippen LogP contribution is -2.14. The van der Waals surface area contributed by atoms with E-state index in [1.165, 1.54) is 6.07 Å². The number of halogens is 2. The summed E-state index contributed by atoms with van der Waals surface area (Å²) >= 11 is 3.44. The molecule has 0 aliphatic heterocycles. The van der Waals surface area contributed by atoms with Gasteiger partial charge in [0.25, 0.3) is 0 Å². The molecule has 0 aliphatic rings. The molecule has 0 bridgehead atoms. The van der Waals surface area contributed by atoms with Crippen LogP contribution in [0.25, 0.3) is 0 Å². The third-order valence-corrected chi connectivity index (χ3v) is 3.60. The van der Waals surface area contributed by atoms with Crippen LogP contribution in [0.1, 0.15) is 37.1 Å². The molecule has 1 atom stereocenters. The Labute approximate surface area is 120 Å². The van der Waals surface area contributed by atoms with Gasteiger partial charge in [0.05, 0.1) is 22.9 Å². The largest absolute Gasteiger partial charge is 0.386 e. The molecule has 0 amide bonds. The Hall–Kier alpha value is -1.20. The molecule has 2 aromatic rings. The van der Waals surface area contributed by atoms with Crippen LogP contribution in [-0.4, -0.2) is 14.9 Å². The molecule has 3 nitrogen and oxygen atoms in total. The van der Waals surface area contributed by atoms with Crippen LogP contribution < -0.4 is 0 Å². The maximum absolute atomic E-state index is 13.6. The van der Waals surface area contributed by atoms with Gasteiger partial charge in [0.2, 0.25) is 0 Å². The minimum Gasteiger partial charge on any atom is -0.386 e. The van der Waals surface area contributed by atoms with Gasteiger partial charge in [-0.1, -0.05) is 32.0 Å². The van der Waals surface area contributed by atoms with Crippen molar-refractivity contribution in [3.05, 3.63) is 52.0 Å². The molecule has 1 aromatic heterocycles. The van der Waals surface area contributed by atoms with Crippen molar-refractivity contribution >= 4 is 15.9 Å². The van der Waals surface area contributed by atoms with Gasteiger partial charge in [-0.25, -0.2) is 4.39 Å². The fraction of sp³-hybridized carbons (Fsp3) is 0.357. The van der Waals surface area contributed by atoms with E-state index < -0.39 is 11.9 Å². The lowest BCUT2D eigenvalue weighted by atomic mass is 10.1. The molecule has 1 aromatic carbocycles. The standard InChI is InChI=1S/C14H16BrFN2O/c1-9(2)14-11(15)7-17-18(14)8-13(19)10-5-3-4-6-12(10)16/h3-7,9,13,19H,8H2,1-2H3. The zero-order valence-electron chi connectivity index (χ0n) is 10.8. The zero-order valence-corrected chi connectivity index (χ0v) is 12.4. The first-order valence-electron chi connectivity index (χ1n) is 6.14. The van der Waals surface area contributed by atoms with E-state index in [1.54, 1.807) is 29.1 Å². The summed E-state index contributed by atoms with van der Waals surface area (Å²) in [5.41, 5.74) is 1.29. The van der Waals surface area contributed by atoms with Gasteiger partial charge in [-0.3, -0.25) is 4.68 Å². The highest BCUT2D eigenvalue weighted by molar-refractivity contribution is 9.10. The van der Waals surface area contributed by atoms with Crippen LogP contribution >= 0.6 is 15.9 Å². The predicted octanol–water partition coefficient (Wildman–Crippen LogP) is 3.64. The number of hydrogen-bond acceptors (Lipinski definition) is 2. The molecule has 0 aliphatic carbocycles. The van der Waals surface area contributed by atoms with Gasteiger partial charge < -0.3 is 5.11 Å². The summed E-state index contributed by atoms with van der Waals surface area (Å²) < 4.78 is 16.2. The molecule has 102 valence electrons. The Balaban J connectivity index is 2.25. The second-order valence-electron chi connectivity index (χ2n) is 4.75. The maximum atomic E-state index is 13.6. The average molecular weight is 327 g/mol. The van der Waals surface area contributed by atoms with E-state index in [-0.39, 0.29) is 12.5 Å².